The lowest BCUT2D eigenvalue weighted by atomic mass is 9.77. The molecule has 2 atom stereocenters. The first kappa shape index (κ1) is 38.9. The van der Waals surface area contributed by atoms with Gasteiger partial charge in [-0.15, -0.1) is 0 Å². The maximum Gasteiger partial charge on any atom is 0.340 e. The molecule has 0 bridgehead atoms. The highest BCUT2D eigenvalue weighted by Gasteiger charge is 2.35. The molecule has 1 aliphatic heterocycles. The third-order valence-electron chi connectivity index (χ3n) is 10.6. The minimum absolute atomic E-state index is 0.202. The molecule has 10 nitrogen and oxygen atoms in total. The molecule has 3 aliphatic rings. The lowest BCUT2D eigenvalue weighted by Gasteiger charge is -2.30. The van der Waals surface area contributed by atoms with Crippen LogP contribution in [-0.2, 0) is 38.0 Å². The van der Waals surface area contributed by atoms with E-state index in [4.69, 9.17) is 28.4 Å². The first-order valence-electron chi connectivity index (χ1n) is 18.8. The van der Waals surface area contributed by atoms with Crippen LogP contribution in [0, 0.1) is 11.8 Å². The third kappa shape index (κ3) is 11.6. The van der Waals surface area contributed by atoms with E-state index in [1.807, 2.05) is 24.3 Å². The van der Waals surface area contributed by atoms with Crippen LogP contribution in [0.15, 0.2) is 73.8 Å². The van der Waals surface area contributed by atoms with Crippen LogP contribution in [0.5, 0.6) is 0 Å². The Morgan fingerprint density at radius 2 is 0.942 bits per heavy atom. The number of carbonyl (C=O) groups excluding carboxylic acids is 4. The van der Waals surface area contributed by atoms with Crippen molar-refractivity contribution in [1.29, 1.82) is 0 Å². The zero-order chi connectivity index (χ0) is 36.7. The van der Waals surface area contributed by atoms with E-state index in [-0.39, 0.29) is 25.2 Å². The average molecular weight is 717 g/mol. The van der Waals surface area contributed by atoms with Crippen LogP contribution in [0.3, 0.4) is 0 Å². The summed E-state index contributed by atoms with van der Waals surface area (Å²) >= 11 is 0. The van der Waals surface area contributed by atoms with Crippen molar-refractivity contribution in [2.45, 2.75) is 101 Å². The summed E-state index contributed by atoms with van der Waals surface area (Å²) in [4.78, 5) is 48.6. The second-order valence-electron chi connectivity index (χ2n) is 14.0. The van der Waals surface area contributed by atoms with Gasteiger partial charge in [-0.1, -0.05) is 37.4 Å². The van der Waals surface area contributed by atoms with Crippen LogP contribution in [0.2, 0.25) is 0 Å². The molecule has 1 saturated heterocycles. The Labute approximate surface area is 306 Å². The van der Waals surface area contributed by atoms with Crippen molar-refractivity contribution in [1.82, 2.24) is 0 Å². The van der Waals surface area contributed by atoms with E-state index in [0.29, 0.717) is 48.0 Å². The van der Waals surface area contributed by atoms with Gasteiger partial charge in [0.25, 0.3) is 12.6 Å². The van der Waals surface area contributed by atoms with E-state index < -0.39 is 24.5 Å². The van der Waals surface area contributed by atoms with Gasteiger partial charge in [0.1, 0.15) is 0 Å². The second-order valence-corrected chi connectivity index (χ2v) is 14.0. The van der Waals surface area contributed by atoms with Gasteiger partial charge in [-0.25, -0.2) is 19.2 Å². The molecular weight excluding hydrogens is 664 g/mol. The van der Waals surface area contributed by atoms with Crippen molar-refractivity contribution in [2.24, 2.45) is 11.8 Å². The molecule has 2 saturated carbocycles. The minimum Gasteiger partial charge on any atom is -0.463 e. The maximum absolute atomic E-state index is 13.1. The zero-order valence-electron chi connectivity index (χ0n) is 30.0. The Morgan fingerprint density at radius 3 is 1.29 bits per heavy atom. The summed E-state index contributed by atoms with van der Waals surface area (Å²) in [5.41, 5.74) is 3.14. The monoisotopic (exact) mass is 716 g/mol. The summed E-state index contributed by atoms with van der Waals surface area (Å²) in [5, 5.41) is 0. The highest BCUT2D eigenvalue weighted by atomic mass is 16.8. The van der Waals surface area contributed by atoms with Crippen molar-refractivity contribution in [3.05, 3.63) is 96.1 Å². The number of hydrogen-bond donors (Lipinski definition) is 0. The SMILES string of the molecule is C=CC(=O)OCCC[C@H]1CC[C@H](c2ccc(C(=O)O[C@@H]3OCCO[C@H]3OC(=O)c3ccc([C@H]4CC[C@H](CCCOC(=O)C=C)CC4)cc3)cc2)CC1. The van der Waals surface area contributed by atoms with Gasteiger partial charge in [-0.3, -0.25) is 0 Å². The quantitative estimate of drug-likeness (QED) is 0.0732. The molecule has 10 heteroatoms. The Balaban J connectivity index is 1.04. The number of esters is 4. The standard InChI is InChI=1S/C42H52O10/c1-3-37(43)47-25-5-7-29-9-13-31(14-10-29)33-17-21-35(22-18-33)39(45)51-41-42(50-28-27-49-41)52-40(46)36-23-19-34(20-24-36)32-15-11-30(12-16-32)8-6-26-48-38(44)4-2/h3-4,17-24,29-32,41-42H,1-2,5-16,25-28H2/t29-,30-,31-,32-,41-,42-/m0/s1. The Morgan fingerprint density at radius 1 is 0.577 bits per heavy atom. The van der Waals surface area contributed by atoms with Crippen LogP contribution >= 0.6 is 0 Å². The van der Waals surface area contributed by atoms with Gasteiger partial charge in [-0.05, 0) is 136 Å². The van der Waals surface area contributed by atoms with Crippen LogP contribution in [0.4, 0.5) is 0 Å². The smallest absolute Gasteiger partial charge is 0.340 e. The number of carbonyl (C=O) groups is 4. The van der Waals surface area contributed by atoms with Crippen LogP contribution < -0.4 is 0 Å². The molecule has 0 amide bonds. The Kier molecular flexibility index (Phi) is 15.0. The molecule has 3 fully saturated rings. The van der Waals surface area contributed by atoms with Crippen LogP contribution in [-0.4, -0.2) is 62.9 Å². The maximum atomic E-state index is 13.1. The van der Waals surface area contributed by atoms with E-state index >= 15 is 0 Å². The molecule has 280 valence electrons. The molecule has 0 N–H and O–H groups in total. The second kappa shape index (κ2) is 20.1. The molecule has 2 aromatic carbocycles. The lowest BCUT2D eigenvalue weighted by Crippen LogP contribution is -2.44. The van der Waals surface area contributed by atoms with E-state index in [0.717, 1.165) is 77.0 Å². The largest absolute Gasteiger partial charge is 0.463 e. The highest BCUT2D eigenvalue weighted by Crippen LogP contribution is 2.39. The minimum atomic E-state index is -1.19. The molecule has 2 aromatic rings. The van der Waals surface area contributed by atoms with Crippen LogP contribution in [0.1, 0.15) is 121 Å². The molecule has 1 heterocycles. The first-order chi connectivity index (χ1) is 25.3. The Bertz CT molecular complexity index is 1370. The summed E-state index contributed by atoms with van der Waals surface area (Å²) in [6, 6.07) is 15.0. The van der Waals surface area contributed by atoms with Gasteiger partial charge in [0.05, 0.1) is 37.6 Å². The first-order valence-corrected chi connectivity index (χ1v) is 18.8. The fraction of sp³-hybridized carbons (Fsp3) is 0.524. The predicted octanol–water partition coefficient (Wildman–Crippen LogP) is 7.97. The van der Waals surface area contributed by atoms with E-state index in [1.54, 1.807) is 24.3 Å². The fourth-order valence-corrected chi connectivity index (χ4v) is 7.57. The molecule has 2 aliphatic carbocycles. The molecule has 5 rings (SSSR count). The molecule has 0 radical (unpaired) electrons. The van der Waals surface area contributed by atoms with Crippen molar-refractivity contribution in [2.75, 3.05) is 26.4 Å². The van der Waals surface area contributed by atoms with Gasteiger partial charge in [0.15, 0.2) is 0 Å². The van der Waals surface area contributed by atoms with Gasteiger partial charge in [-0.2, -0.15) is 0 Å². The molecule has 0 spiro atoms. The van der Waals surface area contributed by atoms with Crippen molar-refractivity contribution in [3.63, 3.8) is 0 Å². The number of ether oxygens (including phenoxy) is 6. The molecule has 0 unspecified atom stereocenters. The van der Waals surface area contributed by atoms with Crippen molar-refractivity contribution >= 4 is 23.9 Å². The highest BCUT2D eigenvalue weighted by molar-refractivity contribution is 5.90. The normalized spacial score (nSPS) is 24.5. The molecule has 0 aromatic heterocycles. The molecule has 52 heavy (non-hydrogen) atoms. The van der Waals surface area contributed by atoms with Gasteiger partial charge >= 0.3 is 23.9 Å². The van der Waals surface area contributed by atoms with E-state index in [9.17, 15) is 19.2 Å². The summed E-state index contributed by atoms with van der Waals surface area (Å²) in [6.45, 7) is 8.10. The van der Waals surface area contributed by atoms with Gasteiger partial charge < -0.3 is 28.4 Å². The van der Waals surface area contributed by atoms with E-state index in [2.05, 4.69) is 13.2 Å². The summed E-state index contributed by atoms with van der Waals surface area (Å²) in [7, 11) is 0. The van der Waals surface area contributed by atoms with Crippen LogP contribution in [0.25, 0.3) is 0 Å². The number of rotatable bonds is 16. The predicted molar refractivity (Wildman–Crippen MR) is 193 cm³/mol. The number of hydrogen-bond acceptors (Lipinski definition) is 10. The summed E-state index contributed by atoms with van der Waals surface area (Å²) in [6.07, 6.45) is 12.6. The fourth-order valence-electron chi connectivity index (χ4n) is 7.57. The summed E-state index contributed by atoms with van der Waals surface area (Å²) in [5.74, 6) is 0.204. The van der Waals surface area contributed by atoms with Gasteiger partial charge in [0.2, 0.25) is 0 Å². The average Bonchev–Trinajstić information content (AvgIpc) is 3.19. The van der Waals surface area contributed by atoms with Gasteiger partial charge in [0, 0.05) is 12.2 Å². The summed E-state index contributed by atoms with van der Waals surface area (Å²) < 4.78 is 32.7. The van der Waals surface area contributed by atoms with Crippen molar-refractivity contribution in [3.8, 4) is 0 Å². The number of benzene rings is 2. The Hall–Kier alpha value is -4.28. The zero-order valence-corrected chi connectivity index (χ0v) is 30.0. The van der Waals surface area contributed by atoms with E-state index in [1.165, 1.54) is 23.3 Å². The third-order valence-corrected chi connectivity index (χ3v) is 10.6. The lowest BCUT2D eigenvalue weighted by molar-refractivity contribution is -0.288. The topological polar surface area (TPSA) is 124 Å². The van der Waals surface area contributed by atoms with Crippen molar-refractivity contribution < 1.29 is 47.6 Å². The molecular formula is C42H52O10.